The summed E-state index contributed by atoms with van der Waals surface area (Å²) in [5, 5.41) is 19.8. The third kappa shape index (κ3) is 10.2. The Bertz CT molecular complexity index is 1700. The molecule has 14 heteroatoms. The van der Waals surface area contributed by atoms with E-state index >= 15 is 0 Å². The molecule has 0 bridgehead atoms. The molecule has 2 aromatic carbocycles. The molecule has 264 valence electrons. The molecule has 0 fully saturated rings. The van der Waals surface area contributed by atoms with Crippen molar-refractivity contribution in [3.05, 3.63) is 84.2 Å². The summed E-state index contributed by atoms with van der Waals surface area (Å²) in [6, 6.07) is 14.6. The van der Waals surface area contributed by atoms with Gasteiger partial charge in [0.15, 0.2) is 11.5 Å². The molecule has 0 radical (unpaired) electrons. The lowest BCUT2D eigenvalue weighted by atomic mass is 9.85. The molecule has 2 heterocycles. The lowest BCUT2D eigenvalue weighted by Gasteiger charge is -2.34. The molecule has 3 atom stereocenters. The van der Waals surface area contributed by atoms with Crippen LogP contribution in [0.15, 0.2) is 78.0 Å². The van der Waals surface area contributed by atoms with Gasteiger partial charge >= 0.3 is 0 Å². The number of pyridine rings is 1. The topological polar surface area (TPSA) is 176 Å². The van der Waals surface area contributed by atoms with E-state index in [4.69, 9.17) is 9.47 Å². The third-order valence-electron chi connectivity index (χ3n) is 7.82. The average Bonchev–Trinajstić information content (AvgIpc) is 3.54. The molecule has 3 amide bonds. The van der Waals surface area contributed by atoms with Crippen molar-refractivity contribution in [1.29, 1.82) is 0 Å². The minimum absolute atomic E-state index is 0.00955. The second-order valence-electron chi connectivity index (χ2n) is 13.4. The number of carbonyl (C=O) groups excluding carboxylic acids is 3. The van der Waals surface area contributed by atoms with Gasteiger partial charge in [-0.1, -0.05) is 65.0 Å². The molecule has 4 N–H and O–H groups in total. The van der Waals surface area contributed by atoms with E-state index in [9.17, 15) is 27.9 Å². The Kier molecular flexibility index (Phi) is 12.4. The van der Waals surface area contributed by atoms with Gasteiger partial charge in [-0.3, -0.25) is 19.4 Å². The maximum Gasteiger partial charge on any atom is 0.251 e. The molecule has 3 aromatic rings. The van der Waals surface area contributed by atoms with Crippen LogP contribution in [0.25, 0.3) is 0 Å². The van der Waals surface area contributed by atoms with Crippen molar-refractivity contribution in [3.63, 3.8) is 0 Å². The van der Waals surface area contributed by atoms with Gasteiger partial charge in [-0.15, -0.1) is 0 Å². The van der Waals surface area contributed by atoms with Crippen LogP contribution in [0.3, 0.4) is 0 Å². The second kappa shape index (κ2) is 16.2. The SMILES string of the molecule is CC(C)CN(CC(O)C(Cc1ccccc1)NC(=O)C(NC(=O)CNC(=O)c1ccncc1)C(C)(C)C)S(=O)(=O)c1ccc2c(c1)OCO2. The van der Waals surface area contributed by atoms with Crippen molar-refractivity contribution in [2.45, 2.75) is 64.1 Å². The van der Waals surface area contributed by atoms with Crippen LogP contribution in [0.4, 0.5) is 0 Å². The smallest absolute Gasteiger partial charge is 0.251 e. The Morgan fingerprint density at radius 2 is 1.61 bits per heavy atom. The highest BCUT2D eigenvalue weighted by atomic mass is 32.2. The predicted octanol–water partition coefficient (Wildman–Crippen LogP) is 2.51. The Balaban J connectivity index is 1.53. The van der Waals surface area contributed by atoms with E-state index < -0.39 is 51.3 Å². The van der Waals surface area contributed by atoms with E-state index in [0.717, 1.165) is 5.56 Å². The number of carbonyl (C=O) groups is 3. The largest absolute Gasteiger partial charge is 0.454 e. The Labute approximate surface area is 287 Å². The van der Waals surface area contributed by atoms with E-state index in [2.05, 4.69) is 20.9 Å². The molecule has 13 nitrogen and oxygen atoms in total. The van der Waals surface area contributed by atoms with Crippen molar-refractivity contribution < 1.29 is 37.4 Å². The first-order chi connectivity index (χ1) is 23.1. The van der Waals surface area contributed by atoms with Crippen LogP contribution >= 0.6 is 0 Å². The van der Waals surface area contributed by atoms with E-state index in [-0.39, 0.29) is 43.7 Å². The number of hydrogen-bond donors (Lipinski definition) is 4. The zero-order valence-electron chi connectivity index (χ0n) is 28.4. The minimum Gasteiger partial charge on any atom is -0.454 e. The summed E-state index contributed by atoms with van der Waals surface area (Å²) in [4.78, 5) is 43.1. The highest BCUT2D eigenvalue weighted by Crippen LogP contribution is 2.35. The molecule has 4 rings (SSSR count). The van der Waals surface area contributed by atoms with Crippen molar-refractivity contribution >= 4 is 27.7 Å². The van der Waals surface area contributed by atoms with Gasteiger partial charge < -0.3 is 30.5 Å². The van der Waals surface area contributed by atoms with Crippen molar-refractivity contribution in [2.75, 3.05) is 26.4 Å². The number of aromatic nitrogens is 1. The number of rotatable bonds is 15. The van der Waals surface area contributed by atoms with Gasteiger partial charge in [0.05, 0.1) is 23.6 Å². The summed E-state index contributed by atoms with van der Waals surface area (Å²) in [6.07, 6.45) is 1.76. The van der Waals surface area contributed by atoms with Crippen LogP contribution in [0.1, 0.15) is 50.5 Å². The molecule has 49 heavy (non-hydrogen) atoms. The number of ether oxygens (including phenoxy) is 2. The van der Waals surface area contributed by atoms with Crippen LogP contribution in [-0.2, 0) is 26.0 Å². The summed E-state index contributed by atoms with van der Waals surface area (Å²) >= 11 is 0. The number of hydrogen-bond acceptors (Lipinski definition) is 9. The fraction of sp³-hybridized carbons (Fsp3) is 0.429. The van der Waals surface area contributed by atoms with E-state index in [1.54, 1.807) is 20.8 Å². The van der Waals surface area contributed by atoms with Crippen LogP contribution < -0.4 is 25.4 Å². The molecule has 0 spiro atoms. The molecule has 1 aliphatic heterocycles. The number of amides is 3. The second-order valence-corrected chi connectivity index (χ2v) is 15.3. The number of sulfonamides is 1. The maximum absolute atomic E-state index is 13.9. The van der Waals surface area contributed by atoms with E-state index in [1.807, 2.05) is 44.2 Å². The third-order valence-corrected chi connectivity index (χ3v) is 9.65. The standard InChI is InChI=1S/C35H45N5O8S/c1-23(2)20-40(49(45,46)26-11-12-29-30(18-26)48-22-47-29)21-28(41)27(17-24-9-7-6-8-10-24)38-34(44)32(35(3,4)5)39-31(42)19-37-33(43)25-13-15-36-16-14-25/h6-16,18,23,27-28,32,41H,17,19-22H2,1-5H3,(H,37,43)(H,38,44)(H,39,42). The van der Waals surface area contributed by atoms with Gasteiger partial charge in [0, 0.05) is 37.1 Å². The molecule has 0 aliphatic carbocycles. The van der Waals surface area contributed by atoms with Crippen LogP contribution in [0.2, 0.25) is 0 Å². The first-order valence-electron chi connectivity index (χ1n) is 16.0. The van der Waals surface area contributed by atoms with Crippen LogP contribution in [0.5, 0.6) is 11.5 Å². The first-order valence-corrected chi connectivity index (χ1v) is 17.5. The van der Waals surface area contributed by atoms with E-state index in [1.165, 1.54) is 47.0 Å². The lowest BCUT2D eigenvalue weighted by Crippen LogP contribution is -2.59. The summed E-state index contributed by atoms with van der Waals surface area (Å²) in [6.45, 7) is 8.46. The first kappa shape index (κ1) is 37.3. The van der Waals surface area contributed by atoms with Gasteiger partial charge in [0.1, 0.15) is 6.04 Å². The van der Waals surface area contributed by atoms with Gasteiger partial charge in [0.25, 0.3) is 5.91 Å². The zero-order valence-corrected chi connectivity index (χ0v) is 29.2. The summed E-state index contributed by atoms with van der Waals surface area (Å²) in [5.74, 6) is -0.963. The number of aliphatic hydroxyl groups excluding tert-OH is 1. The van der Waals surface area contributed by atoms with E-state index in [0.29, 0.717) is 17.1 Å². The lowest BCUT2D eigenvalue weighted by molar-refractivity contribution is -0.132. The Morgan fingerprint density at radius 3 is 2.27 bits per heavy atom. The average molecular weight is 696 g/mol. The van der Waals surface area contributed by atoms with Crippen molar-refractivity contribution in [1.82, 2.24) is 25.2 Å². The molecule has 1 aromatic heterocycles. The quantitative estimate of drug-likeness (QED) is 0.186. The molecule has 0 saturated heterocycles. The normalized spacial score (nSPS) is 14.6. The number of benzene rings is 2. The maximum atomic E-state index is 13.9. The van der Waals surface area contributed by atoms with Crippen LogP contribution in [0, 0.1) is 11.3 Å². The van der Waals surface area contributed by atoms with Gasteiger partial charge in [-0.05, 0) is 47.6 Å². The molecular formula is C35H45N5O8S. The Morgan fingerprint density at radius 1 is 0.939 bits per heavy atom. The molecule has 1 aliphatic rings. The molecule has 0 saturated carbocycles. The zero-order chi connectivity index (χ0) is 35.8. The molecular weight excluding hydrogens is 650 g/mol. The predicted molar refractivity (Wildman–Crippen MR) is 182 cm³/mol. The van der Waals surface area contributed by atoms with Crippen molar-refractivity contribution in [3.8, 4) is 11.5 Å². The highest BCUT2D eigenvalue weighted by molar-refractivity contribution is 7.89. The fourth-order valence-electron chi connectivity index (χ4n) is 5.27. The summed E-state index contributed by atoms with van der Waals surface area (Å²) < 4.78 is 39.8. The van der Waals surface area contributed by atoms with Gasteiger partial charge in [-0.25, -0.2) is 8.42 Å². The summed E-state index contributed by atoms with van der Waals surface area (Å²) in [7, 11) is -4.11. The number of aliphatic hydroxyl groups is 1. The van der Waals surface area contributed by atoms with Crippen LogP contribution in [-0.4, -0.2) is 85.1 Å². The summed E-state index contributed by atoms with van der Waals surface area (Å²) in [5.41, 5.74) is 0.359. The van der Waals surface area contributed by atoms with Gasteiger partial charge in [0.2, 0.25) is 28.6 Å². The minimum atomic E-state index is -4.11. The van der Waals surface area contributed by atoms with Gasteiger partial charge in [-0.2, -0.15) is 4.31 Å². The number of fused-ring (bicyclic) bond motifs is 1. The number of nitrogens with one attached hydrogen (secondary N) is 3. The fourth-order valence-corrected chi connectivity index (χ4v) is 6.91. The van der Waals surface area contributed by atoms with Crippen molar-refractivity contribution in [2.24, 2.45) is 11.3 Å². The monoisotopic (exact) mass is 695 g/mol. The Hall–Kier alpha value is -4.53. The highest BCUT2D eigenvalue weighted by Gasteiger charge is 2.37. The molecule has 3 unspecified atom stereocenters. The number of nitrogens with zero attached hydrogens (tertiary/aromatic N) is 2.